The standard InChI is InChI=1S/C11H20O/c1-2-3-4-5-6-7-8-9-10-11-12/h2-5,12H,6-11H2,1H3/b3-2+,5-4+. The molecule has 0 aromatic heterocycles. The summed E-state index contributed by atoms with van der Waals surface area (Å²) in [6.45, 7) is 2.36. The van der Waals surface area contributed by atoms with Gasteiger partial charge in [0, 0.05) is 6.61 Å². The Morgan fingerprint density at radius 3 is 2.42 bits per heavy atom. The fourth-order valence-electron chi connectivity index (χ4n) is 1.01. The summed E-state index contributed by atoms with van der Waals surface area (Å²) in [5, 5.41) is 8.52. The first-order chi connectivity index (χ1) is 5.91. The first-order valence-corrected chi connectivity index (χ1v) is 4.80. The molecule has 0 amide bonds. The fourth-order valence-corrected chi connectivity index (χ4v) is 1.01. The van der Waals surface area contributed by atoms with E-state index >= 15 is 0 Å². The van der Waals surface area contributed by atoms with Gasteiger partial charge in [-0.1, -0.05) is 37.1 Å². The van der Waals surface area contributed by atoms with Crippen molar-refractivity contribution in [1.82, 2.24) is 0 Å². The second-order valence-corrected chi connectivity index (χ2v) is 2.88. The highest BCUT2D eigenvalue weighted by Crippen LogP contribution is 2.02. The minimum atomic E-state index is 0.342. The van der Waals surface area contributed by atoms with E-state index in [1.54, 1.807) is 0 Å². The fraction of sp³-hybridized carbons (Fsp3) is 0.636. The summed E-state index contributed by atoms with van der Waals surface area (Å²) in [5.74, 6) is 0. The third-order valence-electron chi connectivity index (χ3n) is 1.72. The van der Waals surface area contributed by atoms with Crippen molar-refractivity contribution in [2.24, 2.45) is 0 Å². The summed E-state index contributed by atoms with van der Waals surface area (Å²) in [6, 6.07) is 0. The van der Waals surface area contributed by atoms with Crippen LogP contribution in [0.2, 0.25) is 0 Å². The molecule has 0 radical (unpaired) electrons. The van der Waals surface area contributed by atoms with E-state index in [1.165, 1.54) is 12.8 Å². The Kier molecular flexibility index (Phi) is 9.95. The van der Waals surface area contributed by atoms with Crippen LogP contribution in [0.15, 0.2) is 24.3 Å². The summed E-state index contributed by atoms with van der Waals surface area (Å²) in [5.41, 5.74) is 0. The predicted octanol–water partition coefficient (Wildman–Crippen LogP) is 3.06. The lowest BCUT2D eigenvalue weighted by Crippen LogP contribution is -1.82. The zero-order valence-electron chi connectivity index (χ0n) is 8.00. The van der Waals surface area contributed by atoms with Crippen molar-refractivity contribution in [3.8, 4) is 0 Å². The first-order valence-electron chi connectivity index (χ1n) is 4.80. The molecule has 1 N–H and O–H groups in total. The van der Waals surface area contributed by atoms with Crippen LogP contribution < -0.4 is 0 Å². The number of hydrogen-bond acceptors (Lipinski definition) is 1. The third kappa shape index (κ3) is 9.44. The Morgan fingerprint density at radius 2 is 1.75 bits per heavy atom. The molecule has 70 valence electrons. The van der Waals surface area contributed by atoms with E-state index in [4.69, 9.17) is 5.11 Å². The molecule has 0 aliphatic carbocycles. The minimum absolute atomic E-state index is 0.342. The highest BCUT2D eigenvalue weighted by molar-refractivity contribution is 5.00. The molecule has 1 heteroatoms. The van der Waals surface area contributed by atoms with Crippen molar-refractivity contribution < 1.29 is 5.11 Å². The first kappa shape index (κ1) is 11.4. The Balaban J connectivity index is 3.00. The lowest BCUT2D eigenvalue weighted by atomic mass is 10.1. The summed E-state index contributed by atoms with van der Waals surface area (Å²) in [4.78, 5) is 0. The Labute approximate surface area is 75.8 Å². The van der Waals surface area contributed by atoms with Gasteiger partial charge < -0.3 is 5.11 Å². The second-order valence-electron chi connectivity index (χ2n) is 2.88. The lowest BCUT2D eigenvalue weighted by Gasteiger charge is -1.94. The van der Waals surface area contributed by atoms with Crippen molar-refractivity contribution in [3.05, 3.63) is 24.3 Å². The van der Waals surface area contributed by atoms with E-state index < -0.39 is 0 Å². The lowest BCUT2D eigenvalue weighted by molar-refractivity contribution is 0.282. The zero-order valence-corrected chi connectivity index (χ0v) is 8.00. The second kappa shape index (κ2) is 10.4. The van der Waals surface area contributed by atoms with Gasteiger partial charge in [0.05, 0.1) is 0 Å². The summed E-state index contributed by atoms with van der Waals surface area (Å²) >= 11 is 0. The topological polar surface area (TPSA) is 20.2 Å². The average Bonchev–Trinajstić information content (AvgIpc) is 2.10. The van der Waals surface area contributed by atoms with Crippen molar-refractivity contribution in [2.75, 3.05) is 6.61 Å². The molecule has 0 saturated carbocycles. The maximum atomic E-state index is 8.52. The molecule has 0 spiro atoms. The summed E-state index contributed by atoms with van der Waals surface area (Å²) in [7, 11) is 0. The molecule has 12 heavy (non-hydrogen) atoms. The van der Waals surface area contributed by atoms with Gasteiger partial charge in [0.2, 0.25) is 0 Å². The van der Waals surface area contributed by atoms with Crippen LogP contribution in [0, 0.1) is 0 Å². The molecule has 0 aliphatic rings. The van der Waals surface area contributed by atoms with E-state index in [0.29, 0.717) is 6.61 Å². The van der Waals surface area contributed by atoms with E-state index in [2.05, 4.69) is 12.2 Å². The average molecular weight is 168 g/mol. The van der Waals surface area contributed by atoms with Crippen molar-refractivity contribution in [1.29, 1.82) is 0 Å². The Bertz CT molecular complexity index is 125. The van der Waals surface area contributed by atoms with Gasteiger partial charge >= 0.3 is 0 Å². The molecule has 0 saturated heterocycles. The molecule has 0 unspecified atom stereocenters. The molecule has 0 aromatic carbocycles. The maximum Gasteiger partial charge on any atom is 0.0431 e. The smallest absolute Gasteiger partial charge is 0.0431 e. The molecule has 0 aliphatic heterocycles. The van der Waals surface area contributed by atoms with E-state index in [9.17, 15) is 0 Å². The molecule has 0 heterocycles. The molecule has 0 bridgehead atoms. The Morgan fingerprint density at radius 1 is 1.00 bits per heavy atom. The number of aliphatic hydroxyl groups is 1. The van der Waals surface area contributed by atoms with E-state index in [1.807, 2.05) is 19.1 Å². The minimum Gasteiger partial charge on any atom is -0.396 e. The van der Waals surface area contributed by atoms with Crippen LogP contribution in [0.1, 0.15) is 39.0 Å². The van der Waals surface area contributed by atoms with Crippen molar-refractivity contribution in [2.45, 2.75) is 39.0 Å². The van der Waals surface area contributed by atoms with Crippen LogP contribution in [-0.4, -0.2) is 11.7 Å². The molecule has 0 atom stereocenters. The van der Waals surface area contributed by atoms with Crippen LogP contribution in [-0.2, 0) is 0 Å². The van der Waals surface area contributed by atoms with Crippen LogP contribution in [0.25, 0.3) is 0 Å². The number of allylic oxidation sites excluding steroid dienone is 4. The summed E-state index contributed by atoms with van der Waals surface area (Å²) < 4.78 is 0. The molecule has 0 fully saturated rings. The van der Waals surface area contributed by atoms with Gasteiger partial charge in [0.25, 0.3) is 0 Å². The highest BCUT2D eigenvalue weighted by atomic mass is 16.2. The number of unbranched alkanes of at least 4 members (excludes halogenated alkanes) is 4. The molecule has 0 rings (SSSR count). The quantitative estimate of drug-likeness (QED) is 0.457. The normalized spacial score (nSPS) is 11.8. The molecule has 1 nitrogen and oxygen atoms in total. The van der Waals surface area contributed by atoms with Crippen molar-refractivity contribution >= 4 is 0 Å². The van der Waals surface area contributed by atoms with Crippen LogP contribution in [0.3, 0.4) is 0 Å². The molecular weight excluding hydrogens is 148 g/mol. The van der Waals surface area contributed by atoms with Gasteiger partial charge in [0.15, 0.2) is 0 Å². The molecule has 0 aromatic rings. The molecular formula is C11H20O. The van der Waals surface area contributed by atoms with Gasteiger partial charge in [-0.15, -0.1) is 0 Å². The monoisotopic (exact) mass is 168 g/mol. The maximum absolute atomic E-state index is 8.52. The van der Waals surface area contributed by atoms with Crippen LogP contribution in [0.5, 0.6) is 0 Å². The van der Waals surface area contributed by atoms with Crippen LogP contribution in [0.4, 0.5) is 0 Å². The van der Waals surface area contributed by atoms with Gasteiger partial charge in [-0.05, 0) is 26.2 Å². The number of hydrogen-bond donors (Lipinski definition) is 1. The van der Waals surface area contributed by atoms with E-state index in [-0.39, 0.29) is 0 Å². The zero-order chi connectivity index (χ0) is 9.07. The van der Waals surface area contributed by atoms with Crippen LogP contribution >= 0.6 is 0 Å². The van der Waals surface area contributed by atoms with Gasteiger partial charge in [-0.3, -0.25) is 0 Å². The third-order valence-corrected chi connectivity index (χ3v) is 1.72. The van der Waals surface area contributed by atoms with Gasteiger partial charge in [-0.2, -0.15) is 0 Å². The predicted molar refractivity (Wildman–Crippen MR) is 54.1 cm³/mol. The van der Waals surface area contributed by atoms with Crippen molar-refractivity contribution in [3.63, 3.8) is 0 Å². The SMILES string of the molecule is C/C=C/C=C/CCCCCCO. The van der Waals surface area contributed by atoms with Gasteiger partial charge in [-0.25, -0.2) is 0 Å². The summed E-state index contributed by atoms with van der Waals surface area (Å²) in [6.07, 6.45) is 14.1. The highest BCUT2D eigenvalue weighted by Gasteiger charge is 1.85. The largest absolute Gasteiger partial charge is 0.396 e. The number of aliphatic hydroxyl groups excluding tert-OH is 1. The Hall–Kier alpha value is -0.560. The van der Waals surface area contributed by atoms with Gasteiger partial charge in [0.1, 0.15) is 0 Å². The number of rotatable bonds is 7. The van der Waals surface area contributed by atoms with E-state index in [0.717, 1.165) is 19.3 Å².